The molecule has 0 bridgehead atoms. The number of amides is 1. The molecule has 2 aliphatic rings. The number of likely N-dealkylation sites (tertiary alicyclic amines) is 1. The number of benzene rings is 2. The summed E-state index contributed by atoms with van der Waals surface area (Å²) in [6.07, 6.45) is 1.11. The van der Waals surface area contributed by atoms with Crippen molar-refractivity contribution in [3.05, 3.63) is 65.5 Å². The van der Waals surface area contributed by atoms with Crippen molar-refractivity contribution in [2.45, 2.75) is 31.5 Å². The second-order valence-electron chi connectivity index (χ2n) is 7.04. The van der Waals surface area contributed by atoms with Crippen molar-refractivity contribution in [3.63, 3.8) is 0 Å². The molecule has 2 aliphatic heterocycles. The molecule has 2 aromatic rings. The van der Waals surface area contributed by atoms with Crippen LogP contribution in [0.2, 0.25) is 0 Å². The van der Waals surface area contributed by atoms with Gasteiger partial charge >= 0.3 is 0 Å². The summed E-state index contributed by atoms with van der Waals surface area (Å²) in [4.78, 5) is 15.0. The van der Waals surface area contributed by atoms with E-state index in [0.29, 0.717) is 5.75 Å². The van der Waals surface area contributed by atoms with Crippen molar-refractivity contribution >= 4 is 5.91 Å². The van der Waals surface area contributed by atoms with Gasteiger partial charge in [0.1, 0.15) is 11.6 Å². The van der Waals surface area contributed by atoms with E-state index in [1.54, 1.807) is 12.1 Å². The largest absolute Gasteiger partial charge is 0.467 e. The number of hydrogen-bond acceptors (Lipinski definition) is 4. The predicted octanol–water partition coefficient (Wildman–Crippen LogP) is 3.01. The average Bonchev–Trinajstić information content (AvgIpc) is 2.69. The van der Waals surface area contributed by atoms with Gasteiger partial charge in [0, 0.05) is 31.2 Å². The third-order valence-corrected chi connectivity index (χ3v) is 5.12. The molecule has 1 N–H and O–H groups in total. The summed E-state index contributed by atoms with van der Waals surface area (Å²) in [5.41, 5.74) is 1.74. The Morgan fingerprint density at radius 3 is 2.78 bits per heavy atom. The smallest absolute Gasteiger partial charge is 0.254 e. The molecule has 27 heavy (non-hydrogen) atoms. The van der Waals surface area contributed by atoms with Gasteiger partial charge in [-0.25, -0.2) is 4.39 Å². The highest BCUT2D eigenvalue weighted by atomic mass is 19.1. The van der Waals surface area contributed by atoms with E-state index in [4.69, 9.17) is 9.47 Å². The van der Waals surface area contributed by atoms with Crippen LogP contribution in [-0.4, -0.2) is 36.7 Å². The second kappa shape index (κ2) is 8.06. The first-order valence-electron chi connectivity index (χ1n) is 9.29. The van der Waals surface area contributed by atoms with E-state index in [1.165, 1.54) is 6.07 Å². The summed E-state index contributed by atoms with van der Waals surface area (Å²) in [7, 11) is 0. The van der Waals surface area contributed by atoms with Gasteiger partial charge in [0.15, 0.2) is 12.9 Å². The Bertz CT molecular complexity index is 806. The Hall–Kier alpha value is -2.44. The summed E-state index contributed by atoms with van der Waals surface area (Å²) in [6, 6.07) is 14.3. The maximum Gasteiger partial charge on any atom is 0.254 e. The van der Waals surface area contributed by atoms with Crippen molar-refractivity contribution in [2.24, 2.45) is 0 Å². The maximum atomic E-state index is 13.3. The molecule has 0 radical (unpaired) electrons. The number of para-hydroxylation sites is 1. The molecule has 0 aromatic heterocycles. The standard InChI is InChI=1S/C21H23FN2O3/c22-16-5-3-4-15(12-16)13-24-10-8-17(9-11-24)23-21(25)20-18-6-1-2-7-19(18)26-14-27-20/h1-7,12,17,20H,8-11,13-14H2,(H,23,25)/t20-/m0/s1. The molecule has 5 nitrogen and oxygen atoms in total. The van der Waals surface area contributed by atoms with Crippen LogP contribution in [0.5, 0.6) is 5.75 Å². The monoisotopic (exact) mass is 370 g/mol. The minimum Gasteiger partial charge on any atom is -0.467 e. The molecule has 6 heteroatoms. The lowest BCUT2D eigenvalue weighted by molar-refractivity contribution is -0.143. The van der Waals surface area contributed by atoms with Gasteiger partial charge in [-0.05, 0) is 36.6 Å². The number of nitrogens with one attached hydrogen (secondary N) is 1. The van der Waals surface area contributed by atoms with Gasteiger partial charge in [0.05, 0.1) is 0 Å². The zero-order valence-electron chi connectivity index (χ0n) is 15.1. The molecule has 0 saturated carbocycles. The minimum absolute atomic E-state index is 0.0845. The van der Waals surface area contributed by atoms with Gasteiger partial charge in [-0.3, -0.25) is 9.69 Å². The van der Waals surface area contributed by atoms with Gasteiger partial charge in [-0.15, -0.1) is 0 Å². The van der Waals surface area contributed by atoms with Crippen LogP contribution in [-0.2, 0) is 16.1 Å². The number of ether oxygens (including phenoxy) is 2. The first-order valence-corrected chi connectivity index (χ1v) is 9.29. The van der Waals surface area contributed by atoms with Crippen molar-refractivity contribution in [1.29, 1.82) is 0 Å². The molecule has 1 atom stereocenters. The first-order chi connectivity index (χ1) is 13.2. The number of piperidine rings is 1. The molecule has 0 unspecified atom stereocenters. The van der Waals surface area contributed by atoms with Crippen LogP contribution in [0.15, 0.2) is 48.5 Å². The van der Waals surface area contributed by atoms with E-state index < -0.39 is 6.10 Å². The number of carbonyl (C=O) groups is 1. The van der Waals surface area contributed by atoms with Crippen molar-refractivity contribution in [1.82, 2.24) is 10.2 Å². The zero-order valence-corrected chi connectivity index (χ0v) is 15.1. The molecule has 2 heterocycles. The van der Waals surface area contributed by atoms with Crippen LogP contribution < -0.4 is 10.1 Å². The van der Waals surface area contributed by atoms with Crippen LogP contribution in [0.1, 0.15) is 30.1 Å². The number of carbonyl (C=O) groups excluding carboxylic acids is 1. The van der Waals surface area contributed by atoms with E-state index in [1.807, 2.05) is 30.3 Å². The van der Waals surface area contributed by atoms with Crippen LogP contribution >= 0.6 is 0 Å². The van der Waals surface area contributed by atoms with E-state index >= 15 is 0 Å². The van der Waals surface area contributed by atoms with E-state index in [-0.39, 0.29) is 24.6 Å². The number of hydrogen-bond donors (Lipinski definition) is 1. The highest BCUT2D eigenvalue weighted by molar-refractivity contribution is 5.83. The quantitative estimate of drug-likeness (QED) is 0.899. The predicted molar refractivity (Wildman–Crippen MR) is 98.6 cm³/mol. The van der Waals surface area contributed by atoms with E-state index in [0.717, 1.165) is 43.6 Å². The van der Waals surface area contributed by atoms with Crippen LogP contribution in [0.25, 0.3) is 0 Å². The SMILES string of the molecule is O=C(NC1CCN(Cc2cccc(F)c2)CC1)[C@H]1OCOc2ccccc21. The van der Waals surface area contributed by atoms with Crippen molar-refractivity contribution in [2.75, 3.05) is 19.9 Å². The third-order valence-electron chi connectivity index (χ3n) is 5.12. The molecule has 1 fully saturated rings. The fraction of sp³-hybridized carbons (Fsp3) is 0.381. The number of fused-ring (bicyclic) bond motifs is 1. The highest BCUT2D eigenvalue weighted by Gasteiger charge is 2.30. The topological polar surface area (TPSA) is 50.8 Å². The Labute approximate surface area is 158 Å². The van der Waals surface area contributed by atoms with E-state index in [9.17, 15) is 9.18 Å². The Kier molecular flexibility index (Phi) is 5.36. The van der Waals surface area contributed by atoms with Gasteiger partial charge in [-0.1, -0.05) is 30.3 Å². The molecule has 1 amide bonds. The Morgan fingerprint density at radius 2 is 1.96 bits per heavy atom. The van der Waals surface area contributed by atoms with Gasteiger partial charge < -0.3 is 14.8 Å². The average molecular weight is 370 g/mol. The molecule has 4 rings (SSSR count). The summed E-state index contributed by atoms with van der Waals surface area (Å²) < 4.78 is 24.3. The molecule has 0 aliphatic carbocycles. The van der Waals surface area contributed by atoms with Gasteiger partial charge in [0.2, 0.25) is 0 Å². The summed E-state index contributed by atoms with van der Waals surface area (Å²) in [5, 5.41) is 3.12. The summed E-state index contributed by atoms with van der Waals surface area (Å²) >= 11 is 0. The molecular weight excluding hydrogens is 347 g/mol. The molecule has 142 valence electrons. The molecular formula is C21H23FN2O3. The second-order valence-corrected chi connectivity index (χ2v) is 7.04. The van der Waals surface area contributed by atoms with Crippen molar-refractivity contribution < 1.29 is 18.7 Å². The summed E-state index contributed by atoms with van der Waals surface area (Å²) in [5.74, 6) is 0.384. The Morgan fingerprint density at radius 1 is 1.15 bits per heavy atom. The lowest BCUT2D eigenvalue weighted by Gasteiger charge is -2.33. The normalized spacial score (nSPS) is 20.6. The highest BCUT2D eigenvalue weighted by Crippen LogP contribution is 2.32. The molecule has 2 aromatic carbocycles. The van der Waals surface area contributed by atoms with Crippen LogP contribution in [0.4, 0.5) is 4.39 Å². The van der Waals surface area contributed by atoms with Crippen LogP contribution in [0.3, 0.4) is 0 Å². The van der Waals surface area contributed by atoms with Crippen LogP contribution in [0, 0.1) is 5.82 Å². The fourth-order valence-electron chi connectivity index (χ4n) is 3.71. The first kappa shape index (κ1) is 17.9. The molecule has 1 saturated heterocycles. The lowest BCUT2D eigenvalue weighted by atomic mass is 10.0. The maximum absolute atomic E-state index is 13.3. The Balaban J connectivity index is 1.30. The van der Waals surface area contributed by atoms with Crippen molar-refractivity contribution in [3.8, 4) is 5.75 Å². The molecule has 0 spiro atoms. The zero-order chi connectivity index (χ0) is 18.6. The number of rotatable bonds is 4. The third kappa shape index (κ3) is 4.28. The van der Waals surface area contributed by atoms with E-state index in [2.05, 4.69) is 10.2 Å². The van der Waals surface area contributed by atoms with Gasteiger partial charge in [-0.2, -0.15) is 0 Å². The van der Waals surface area contributed by atoms with Gasteiger partial charge in [0.25, 0.3) is 5.91 Å². The minimum atomic E-state index is -0.625. The number of nitrogens with zero attached hydrogens (tertiary/aromatic N) is 1. The summed E-state index contributed by atoms with van der Waals surface area (Å²) in [6.45, 7) is 2.55. The lowest BCUT2D eigenvalue weighted by Crippen LogP contribution is -2.46. The number of halogens is 1. The fourth-order valence-corrected chi connectivity index (χ4v) is 3.71.